The number of halogens is 2. The molecule has 1 fully saturated rings. The molecule has 1 atom stereocenters. The number of piperidine rings is 1. The van der Waals surface area contributed by atoms with Gasteiger partial charge in [-0.1, -0.05) is 0 Å². The van der Waals surface area contributed by atoms with Crippen molar-refractivity contribution in [3.05, 3.63) is 46.7 Å². The van der Waals surface area contributed by atoms with Gasteiger partial charge in [0.05, 0.1) is 24.5 Å². The number of carbonyl (C=O) groups is 1. The molecule has 6 nitrogen and oxygen atoms in total. The smallest absolute Gasteiger partial charge is 0.316 e. The molecule has 120 valence electrons. The van der Waals surface area contributed by atoms with Crippen LogP contribution in [0.1, 0.15) is 23.2 Å². The van der Waals surface area contributed by atoms with Crippen molar-refractivity contribution in [2.24, 2.45) is 0 Å². The SMILES string of the molecule is O=C(c1cncc(Br)c1)N1CCC[C@@H](Oc2ncc(F)cn2)C1. The number of carbonyl (C=O) groups excluding carboxylic acids is 1. The van der Waals surface area contributed by atoms with Crippen LogP contribution in [0.5, 0.6) is 6.01 Å². The second kappa shape index (κ2) is 6.99. The van der Waals surface area contributed by atoms with E-state index in [1.165, 1.54) is 0 Å². The lowest BCUT2D eigenvalue weighted by Gasteiger charge is -2.32. The predicted octanol–water partition coefficient (Wildman–Crippen LogP) is 2.46. The maximum atomic E-state index is 12.8. The summed E-state index contributed by atoms with van der Waals surface area (Å²) in [5, 5.41) is 0. The van der Waals surface area contributed by atoms with Gasteiger partial charge in [-0.3, -0.25) is 9.78 Å². The minimum atomic E-state index is -0.514. The summed E-state index contributed by atoms with van der Waals surface area (Å²) in [7, 11) is 0. The summed E-state index contributed by atoms with van der Waals surface area (Å²) in [4.78, 5) is 25.8. The second-order valence-electron chi connectivity index (χ2n) is 5.21. The molecule has 2 aromatic rings. The lowest BCUT2D eigenvalue weighted by molar-refractivity contribution is 0.0515. The molecule has 2 aromatic heterocycles. The molecule has 0 N–H and O–H groups in total. The summed E-state index contributed by atoms with van der Waals surface area (Å²) in [6.07, 6.45) is 6.69. The molecule has 8 heteroatoms. The molecule has 23 heavy (non-hydrogen) atoms. The van der Waals surface area contributed by atoms with Gasteiger partial charge < -0.3 is 9.64 Å². The zero-order valence-corrected chi connectivity index (χ0v) is 13.7. The first-order chi connectivity index (χ1) is 11.1. The number of nitrogens with zero attached hydrogens (tertiary/aromatic N) is 4. The molecule has 0 spiro atoms. The zero-order chi connectivity index (χ0) is 16.2. The van der Waals surface area contributed by atoms with E-state index >= 15 is 0 Å². The number of hydrogen-bond acceptors (Lipinski definition) is 5. The summed E-state index contributed by atoms with van der Waals surface area (Å²) >= 11 is 3.31. The number of ether oxygens (including phenoxy) is 1. The molecule has 1 amide bonds. The quantitative estimate of drug-likeness (QED) is 0.817. The number of likely N-dealkylation sites (tertiary alicyclic amines) is 1. The molecule has 0 bridgehead atoms. The Morgan fingerprint density at radius 1 is 1.30 bits per heavy atom. The Labute approximate surface area is 140 Å². The van der Waals surface area contributed by atoms with E-state index in [2.05, 4.69) is 30.9 Å². The van der Waals surface area contributed by atoms with Crippen LogP contribution in [0.4, 0.5) is 4.39 Å². The molecular weight excluding hydrogens is 367 g/mol. The first-order valence-electron chi connectivity index (χ1n) is 7.16. The van der Waals surface area contributed by atoms with E-state index in [9.17, 15) is 9.18 Å². The molecule has 1 aliphatic heterocycles. The summed E-state index contributed by atoms with van der Waals surface area (Å²) in [5.41, 5.74) is 0.526. The second-order valence-corrected chi connectivity index (χ2v) is 6.12. The van der Waals surface area contributed by atoms with Crippen LogP contribution in [0.15, 0.2) is 35.3 Å². The highest BCUT2D eigenvalue weighted by molar-refractivity contribution is 9.10. The van der Waals surface area contributed by atoms with Gasteiger partial charge in [0, 0.05) is 23.4 Å². The van der Waals surface area contributed by atoms with Crippen molar-refractivity contribution in [1.82, 2.24) is 19.9 Å². The van der Waals surface area contributed by atoms with Crippen LogP contribution in [-0.4, -0.2) is 45.0 Å². The van der Waals surface area contributed by atoms with E-state index in [1.54, 1.807) is 23.4 Å². The molecule has 1 aliphatic rings. The average Bonchev–Trinajstić information content (AvgIpc) is 2.56. The van der Waals surface area contributed by atoms with Gasteiger partial charge >= 0.3 is 6.01 Å². The number of aromatic nitrogens is 3. The van der Waals surface area contributed by atoms with Gasteiger partial charge in [0.1, 0.15) is 6.10 Å². The van der Waals surface area contributed by atoms with E-state index in [0.29, 0.717) is 18.7 Å². The number of pyridine rings is 1. The fraction of sp³-hybridized carbons (Fsp3) is 0.333. The minimum Gasteiger partial charge on any atom is -0.458 e. The van der Waals surface area contributed by atoms with Crippen LogP contribution < -0.4 is 4.74 Å². The maximum absolute atomic E-state index is 12.8. The minimum absolute atomic E-state index is 0.0906. The van der Waals surface area contributed by atoms with Crippen molar-refractivity contribution >= 4 is 21.8 Å². The Morgan fingerprint density at radius 3 is 2.83 bits per heavy atom. The Kier molecular flexibility index (Phi) is 4.80. The first kappa shape index (κ1) is 15.8. The maximum Gasteiger partial charge on any atom is 0.316 e. The number of amides is 1. The molecule has 0 unspecified atom stereocenters. The van der Waals surface area contributed by atoms with Gasteiger partial charge in [-0.05, 0) is 34.8 Å². The van der Waals surface area contributed by atoms with Gasteiger partial charge in [-0.15, -0.1) is 0 Å². The number of hydrogen-bond donors (Lipinski definition) is 0. The Balaban J connectivity index is 1.66. The Morgan fingerprint density at radius 2 is 2.09 bits per heavy atom. The third kappa shape index (κ3) is 4.01. The van der Waals surface area contributed by atoms with Gasteiger partial charge in [0.15, 0.2) is 5.82 Å². The molecule has 0 aliphatic carbocycles. The van der Waals surface area contributed by atoms with Crippen molar-refractivity contribution < 1.29 is 13.9 Å². The van der Waals surface area contributed by atoms with Crippen molar-refractivity contribution in [2.45, 2.75) is 18.9 Å². The standard InChI is InChI=1S/C15H14BrFN4O2/c16-11-4-10(5-18-6-11)14(22)21-3-1-2-13(9-21)23-15-19-7-12(17)8-20-15/h4-8,13H,1-3,9H2/t13-/m1/s1. The topological polar surface area (TPSA) is 68.2 Å². The lowest BCUT2D eigenvalue weighted by atomic mass is 10.1. The van der Waals surface area contributed by atoms with E-state index in [0.717, 1.165) is 29.7 Å². The fourth-order valence-corrected chi connectivity index (χ4v) is 2.81. The Bertz CT molecular complexity index is 698. The highest BCUT2D eigenvalue weighted by Gasteiger charge is 2.26. The van der Waals surface area contributed by atoms with Crippen LogP contribution in [-0.2, 0) is 0 Å². The molecule has 0 aromatic carbocycles. The lowest BCUT2D eigenvalue weighted by Crippen LogP contribution is -2.44. The van der Waals surface area contributed by atoms with Crippen LogP contribution in [0.3, 0.4) is 0 Å². The first-order valence-corrected chi connectivity index (χ1v) is 7.95. The van der Waals surface area contributed by atoms with Gasteiger partial charge in [-0.25, -0.2) is 14.4 Å². The molecule has 3 rings (SSSR count). The van der Waals surface area contributed by atoms with Crippen molar-refractivity contribution in [1.29, 1.82) is 0 Å². The molecule has 1 saturated heterocycles. The van der Waals surface area contributed by atoms with Gasteiger partial charge in [0.2, 0.25) is 0 Å². The van der Waals surface area contributed by atoms with Crippen molar-refractivity contribution in [3.8, 4) is 6.01 Å². The highest BCUT2D eigenvalue weighted by atomic mass is 79.9. The van der Waals surface area contributed by atoms with Crippen LogP contribution in [0.2, 0.25) is 0 Å². The zero-order valence-electron chi connectivity index (χ0n) is 12.2. The van der Waals surface area contributed by atoms with Gasteiger partial charge in [0.25, 0.3) is 5.91 Å². The summed E-state index contributed by atoms with van der Waals surface area (Å²) in [6.45, 7) is 1.10. The fourth-order valence-electron chi connectivity index (χ4n) is 2.44. The summed E-state index contributed by atoms with van der Waals surface area (Å²) < 4.78 is 19.2. The third-order valence-electron chi connectivity index (χ3n) is 3.49. The third-order valence-corrected chi connectivity index (χ3v) is 3.92. The van der Waals surface area contributed by atoms with E-state index in [4.69, 9.17) is 4.74 Å². The van der Waals surface area contributed by atoms with Crippen LogP contribution in [0, 0.1) is 5.82 Å². The van der Waals surface area contributed by atoms with Gasteiger partial charge in [-0.2, -0.15) is 0 Å². The highest BCUT2D eigenvalue weighted by Crippen LogP contribution is 2.18. The normalized spacial score (nSPS) is 17.8. The number of rotatable bonds is 3. The molecule has 3 heterocycles. The Hall–Kier alpha value is -2.09. The predicted molar refractivity (Wildman–Crippen MR) is 83.5 cm³/mol. The van der Waals surface area contributed by atoms with Crippen LogP contribution in [0.25, 0.3) is 0 Å². The average molecular weight is 381 g/mol. The van der Waals surface area contributed by atoms with Crippen LogP contribution >= 0.6 is 15.9 Å². The van der Waals surface area contributed by atoms with Crippen molar-refractivity contribution in [3.63, 3.8) is 0 Å². The molecule has 0 saturated carbocycles. The van der Waals surface area contributed by atoms with E-state index in [-0.39, 0.29) is 18.0 Å². The van der Waals surface area contributed by atoms with E-state index in [1.807, 2.05) is 0 Å². The van der Waals surface area contributed by atoms with E-state index < -0.39 is 5.82 Å². The summed E-state index contributed by atoms with van der Waals surface area (Å²) in [5.74, 6) is -0.605. The summed E-state index contributed by atoms with van der Waals surface area (Å²) in [6, 6.07) is 1.86. The van der Waals surface area contributed by atoms with Crippen molar-refractivity contribution in [2.75, 3.05) is 13.1 Å². The molecular formula is C15H14BrFN4O2. The molecule has 0 radical (unpaired) electrons. The monoisotopic (exact) mass is 380 g/mol. The largest absolute Gasteiger partial charge is 0.458 e.